The van der Waals surface area contributed by atoms with Crippen LogP contribution in [0.2, 0.25) is 0 Å². The number of hydrogen-bond acceptors (Lipinski definition) is 4. The van der Waals surface area contributed by atoms with Crippen molar-refractivity contribution in [3.05, 3.63) is 23.4 Å². The molecule has 1 fully saturated rings. The Morgan fingerprint density at radius 2 is 2.32 bits per heavy atom. The number of rotatable bonds is 4. The van der Waals surface area contributed by atoms with Crippen molar-refractivity contribution in [1.29, 1.82) is 0 Å². The molecule has 0 amide bonds. The van der Waals surface area contributed by atoms with E-state index in [0.717, 1.165) is 50.5 Å². The van der Waals surface area contributed by atoms with Gasteiger partial charge in [-0.3, -0.25) is 0 Å². The summed E-state index contributed by atoms with van der Waals surface area (Å²) in [6.45, 7) is 7.64. The van der Waals surface area contributed by atoms with Gasteiger partial charge in [-0.2, -0.15) is 0 Å². The van der Waals surface area contributed by atoms with Gasteiger partial charge in [0, 0.05) is 31.9 Å². The molecule has 1 atom stereocenters. The molecule has 1 aromatic rings. The van der Waals surface area contributed by atoms with E-state index < -0.39 is 0 Å². The molecule has 1 aromatic heterocycles. The molecule has 1 saturated heterocycles. The summed E-state index contributed by atoms with van der Waals surface area (Å²) in [5, 5.41) is 0. The van der Waals surface area contributed by atoms with Gasteiger partial charge in [0.2, 0.25) is 0 Å². The van der Waals surface area contributed by atoms with E-state index in [1.54, 1.807) is 0 Å². The van der Waals surface area contributed by atoms with Crippen LogP contribution < -0.4 is 10.6 Å². The van der Waals surface area contributed by atoms with Crippen LogP contribution in [0.5, 0.6) is 0 Å². The Morgan fingerprint density at radius 1 is 1.47 bits per heavy atom. The normalized spacial score (nSPS) is 20.4. The van der Waals surface area contributed by atoms with E-state index in [9.17, 15) is 0 Å². The molecule has 106 valence electrons. The van der Waals surface area contributed by atoms with Crippen LogP contribution in [0.15, 0.2) is 12.1 Å². The first-order chi connectivity index (χ1) is 9.22. The molecule has 1 unspecified atom stereocenters. The summed E-state index contributed by atoms with van der Waals surface area (Å²) in [7, 11) is 0. The highest BCUT2D eigenvalue weighted by atomic mass is 16.5. The van der Waals surface area contributed by atoms with E-state index in [4.69, 9.17) is 15.5 Å². The lowest BCUT2D eigenvalue weighted by molar-refractivity contribution is 0.0820. The summed E-state index contributed by atoms with van der Waals surface area (Å²) in [6.07, 6.45) is 3.45. The van der Waals surface area contributed by atoms with Gasteiger partial charge in [-0.15, -0.1) is 0 Å². The minimum absolute atomic E-state index is 0.264. The van der Waals surface area contributed by atoms with Crippen molar-refractivity contribution in [3.8, 4) is 0 Å². The van der Waals surface area contributed by atoms with Crippen molar-refractivity contribution >= 4 is 5.82 Å². The molecule has 1 aliphatic rings. The van der Waals surface area contributed by atoms with Crippen molar-refractivity contribution in [1.82, 2.24) is 4.98 Å². The molecule has 2 N–H and O–H groups in total. The Kier molecular flexibility index (Phi) is 5.16. The smallest absolute Gasteiger partial charge is 0.129 e. The monoisotopic (exact) mass is 263 g/mol. The van der Waals surface area contributed by atoms with Crippen molar-refractivity contribution in [3.63, 3.8) is 0 Å². The van der Waals surface area contributed by atoms with Gasteiger partial charge in [-0.25, -0.2) is 4.98 Å². The van der Waals surface area contributed by atoms with Crippen molar-refractivity contribution in [2.24, 2.45) is 5.73 Å². The van der Waals surface area contributed by atoms with Crippen LogP contribution in [0, 0.1) is 0 Å². The molecule has 4 nitrogen and oxygen atoms in total. The van der Waals surface area contributed by atoms with Crippen LogP contribution in [-0.4, -0.2) is 30.8 Å². The molecule has 0 bridgehead atoms. The number of pyridine rings is 1. The molecule has 0 aromatic carbocycles. The second kappa shape index (κ2) is 6.87. The van der Waals surface area contributed by atoms with Gasteiger partial charge in [-0.05, 0) is 37.5 Å². The maximum absolute atomic E-state index is 5.80. The first-order valence-corrected chi connectivity index (χ1v) is 7.29. The highest BCUT2D eigenvalue weighted by Crippen LogP contribution is 2.19. The molecular weight excluding hydrogens is 238 g/mol. The van der Waals surface area contributed by atoms with Gasteiger partial charge in [0.1, 0.15) is 5.82 Å². The fourth-order valence-corrected chi connectivity index (χ4v) is 2.50. The third kappa shape index (κ3) is 3.91. The zero-order chi connectivity index (χ0) is 13.7. The van der Waals surface area contributed by atoms with E-state index >= 15 is 0 Å². The largest absolute Gasteiger partial charge is 0.377 e. The number of nitrogens with two attached hydrogens (primary N) is 1. The van der Waals surface area contributed by atoms with Crippen LogP contribution in [-0.2, 0) is 17.7 Å². The standard InChI is InChI=1S/C15H25N3O/c1-3-5-14-8-13(10-16)9-15(17-14)18-6-4-7-19-12(2)11-18/h8-9,12H,3-7,10-11,16H2,1-2H3. The zero-order valence-corrected chi connectivity index (χ0v) is 12.1. The number of hydrogen-bond donors (Lipinski definition) is 1. The van der Waals surface area contributed by atoms with E-state index in [1.807, 2.05) is 0 Å². The van der Waals surface area contributed by atoms with Gasteiger partial charge in [0.25, 0.3) is 0 Å². The lowest BCUT2D eigenvalue weighted by Gasteiger charge is -2.24. The number of aryl methyl sites for hydroxylation is 1. The zero-order valence-electron chi connectivity index (χ0n) is 12.1. The summed E-state index contributed by atoms with van der Waals surface area (Å²) in [5.41, 5.74) is 8.12. The molecule has 0 aliphatic carbocycles. The summed E-state index contributed by atoms with van der Waals surface area (Å²) in [5.74, 6) is 1.06. The average Bonchev–Trinajstić information content (AvgIpc) is 2.63. The minimum atomic E-state index is 0.264. The maximum Gasteiger partial charge on any atom is 0.129 e. The molecule has 2 rings (SSSR count). The highest BCUT2D eigenvalue weighted by molar-refractivity contribution is 5.43. The second-order valence-electron chi connectivity index (χ2n) is 5.26. The fraction of sp³-hybridized carbons (Fsp3) is 0.667. The molecular formula is C15H25N3O. The van der Waals surface area contributed by atoms with Gasteiger partial charge in [-0.1, -0.05) is 13.3 Å². The summed E-state index contributed by atoms with van der Waals surface area (Å²) < 4.78 is 5.69. The summed E-state index contributed by atoms with van der Waals surface area (Å²) in [6, 6.07) is 4.25. The lowest BCUT2D eigenvalue weighted by Crippen LogP contribution is -2.31. The van der Waals surface area contributed by atoms with Crippen LogP contribution in [0.3, 0.4) is 0 Å². The third-order valence-corrected chi connectivity index (χ3v) is 3.44. The molecule has 4 heteroatoms. The molecule has 2 heterocycles. The predicted octanol–water partition coefficient (Wildman–Crippen LogP) is 2.11. The molecule has 0 saturated carbocycles. The number of anilines is 1. The first kappa shape index (κ1) is 14.3. The van der Waals surface area contributed by atoms with Gasteiger partial charge >= 0.3 is 0 Å². The molecule has 19 heavy (non-hydrogen) atoms. The van der Waals surface area contributed by atoms with Gasteiger partial charge in [0.05, 0.1) is 6.10 Å². The first-order valence-electron chi connectivity index (χ1n) is 7.29. The Bertz CT molecular complexity index is 408. The summed E-state index contributed by atoms with van der Waals surface area (Å²) >= 11 is 0. The number of ether oxygens (including phenoxy) is 1. The Hall–Kier alpha value is -1.13. The minimum Gasteiger partial charge on any atom is -0.377 e. The molecule has 1 aliphatic heterocycles. The molecule has 0 spiro atoms. The van der Waals surface area contributed by atoms with Crippen molar-refractivity contribution < 1.29 is 4.74 Å². The van der Waals surface area contributed by atoms with Crippen molar-refractivity contribution in [2.75, 3.05) is 24.6 Å². The lowest BCUT2D eigenvalue weighted by atomic mass is 10.1. The molecule has 0 radical (unpaired) electrons. The quantitative estimate of drug-likeness (QED) is 0.904. The Balaban J connectivity index is 2.23. The number of aromatic nitrogens is 1. The van der Waals surface area contributed by atoms with E-state index in [1.165, 1.54) is 5.56 Å². The average molecular weight is 263 g/mol. The van der Waals surface area contributed by atoms with Crippen molar-refractivity contribution in [2.45, 2.75) is 45.8 Å². The third-order valence-electron chi connectivity index (χ3n) is 3.44. The predicted molar refractivity (Wildman–Crippen MR) is 78.4 cm³/mol. The van der Waals surface area contributed by atoms with Crippen LogP contribution in [0.25, 0.3) is 0 Å². The van der Waals surface area contributed by atoms with Crippen LogP contribution in [0.1, 0.15) is 37.9 Å². The van der Waals surface area contributed by atoms with E-state index in [2.05, 4.69) is 30.9 Å². The Morgan fingerprint density at radius 3 is 3.05 bits per heavy atom. The van der Waals surface area contributed by atoms with Crippen LogP contribution in [0.4, 0.5) is 5.82 Å². The van der Waals surface area contributed by atoms with Crippen LogP contribution >= 0.6 is 0 Å². The Labute approximate surface area is 116 Å². The van der Waals surface area contributed by atoms with E-state index in [-0.39, 0.29) is 6.10 Å². The van der Waals surface area contributed by atoms with Gasteiger partial charge < -0.3 is 15.4 Å². The summed E-state index contributed by atoms with van der Waals surface area (Å²) in [4.78, 5) is 7.12. The van der Waals surface area contributed by atoms with E-state index in [0.29, 0.717) is 6.54 Å². The topological polar surface area (TPSA) is 51.4 Å². The highest BCUT2D eigenvalue weighted by Gasteiger charge is 2.17. The number of nitrogens with zero attached hydrogens (tertiary/aromatic N) is 2. The second-order valence-corrected chi connectivity index (χ2v) is 5.26. The maximum atomic E-state index is 5.80. The SMILES string of the molecule is CCCc1cc(CN)cc(N2CCCOC(C)C2)n1. The fourth-order valence-electron chi connectivity index (χ4n) is 2.50. The van der Waals surface area contributed by atoms with Gasteiger partial charge in [0.15, 0.2) is 0 Å².